The Hall–Kier alpha value is -1.83. The van der Waals surface area contributed by atoms with E-state index >= 15 is 0 Å². The Kier molecular flexibility index (Phi) is 4.60. The van der Waals surface area contributed by atoms with Crippen LogP contribution in [0.25, 0.3) is 0 Å². The summed E-state index contributed by atoms with van der Waals surface area (Å²) in [6.07, 6.45) is -4.02. The first-order valence-corrected chi connectivity index (χ1v) is 6.87. The minimum absolute atomic E-state index is 0.140. The third-order valence-corrected chi connectivity index (χ3v) is 3.54. The third kappa shape index (κ3) is 3.68. The van der Waals surface area contributed by atoms with Crippen molar-refractivity contribution < 1.29 is 22.7 Å². The Balaban J connectivity index is 2.19. The number of amides is 1. The highest BCUT2D eigenvalue weighted by atomic mass is 19.4. The number of alkyl halides is 3. The second-order valence-corrected chi connectivity index (χ2v) is 5.42. The van der Waals surface area contributed by atoms with Crippen LogP contribution in [0.2, 0.25) is 0 Å². The number of halogens is 3. The van der Waals surface area contributed by atoms with Crippen LogP contribution in [-0.2, 0) is 22.3 Å². The summed E-state index contributed by atoms with van der Waals surface area (Å²) in [4.78, 5) is 25.5. The lowest BCUT2D eigenvalue weighted by Crippen LogP contribution is -2.51. The van der Waals surface area contributed by atoms with Crippen molar-refractivity contribution in [3.05, 3.63) is 34.2 Å². The van der Waals surface area contributed by atoms with E-state index in [2.05, 4.69) is 0 Å². The van der Waals surface area contributed by atoms with Gasteiger partial charge in [-0.25, -0.2) is 0 Å². The first kappa shape index (κ1) is 16.5. The first-order chi connectivity index (χ1) is 10.2. The van der Waals surface area contributed by atoms with Gasteiger partial charge in [0.1, 0.15) is 6.54 Å². The quantitative estimate of drug-likeness (QED) is 0.830. The molecule has 5 nitrogen and oxygen atoms in total. The van der Waals surface area contributed by atoms with Gasteiger partial charge in [-0.1, -0.05) is 0 Å². The molecular formula is C14H17F3N2O3. The largest absolute Gasteiger partial charge is 0.417 e. The molecule has 0 unspecified atom stereocenters. The Labute approximate surface area is 125 Å². The van der Waals surface area contributed by atoms with Crippen LogP contribution in [0.15, 0.2) is 23.1 Å². The number of hydrogen-bond acceptors (Lipinski definition) is 3. The van der Waals surface area contributed by atoms with Gasteiger partial charge in [0.05, 0.1) is 24.3 Å². The lowest BCUT2D eigenvalue weighted by molar-refractivity contribution is -0.144. The molecule has 0 spiro atoms. The summed E-state index contributed by atoms with van der Waals surface area (Å²) in [6, 6.07) is 1.36. The zero-order valence-corrected chi connectivity index (χ0v) is 12.3. The van der Waals surface area contributed by atoms with Gasteiger partial charge in [-0.2, -0.15) is 13.2 Å². The number of morpholine rings is 1. The van der Waals surface area contributed by atoms with Crippen LogP contribution < -0.4 is 5.56 Å². The molecule has 1 saturated heterocycles. The SMILES string of the molecule is C[C@@H]1CN(C(=O)Cn2cc(C(F)(F)F)ccc2=O)[C@H](C)CO1. The molecule has 0 aromatic carbocycles. The number of carbonyl (C=O) groups is 1. The Morgan fingerprint density at radius 3 is 2.68 bits per heavy atom. The molecule has 0 saturated carbocycles. The van der Waals surface area contributed by atoms with E-state index in [0.29, 0.717) is 25.4 Å². The average Bonchev–Trinajstić information content (AvgIpc) is 2.42. The number of nitrogens with zero attached hydrogens (tertiary/aromatic N) is 2. The van der Waals surface area contributed by atoms with Crippen LogP contribution in [0.5, 0.6) is 0 Å². The molecule has 2 heterocycles. The molecule has 1 aliphatic heterocycles. The van der Waals surface area contributed by atoms with E-state index in [4.69, 9.17) is 4.74 Å². The topological polar surface area (TPSA) is 51.5 Å². The molecule has 1 aliphatic rings. The maximum atomic E-state index is 12.7. The molecular weight excluding hydrogens is 301 g/mol. The van der Waals surface area contributed by atoms with E-state index in [9.17, 15) is 22.8 Å². The fourth-order valence-electron chi connectivity index (χ4n) is 2.31. The van der Waals surface area contributed by atoms with Crippen molar-refractivity contribution in [2.24, 2.45) is 0 Å². The number of pyridine rings is 1. The number of carbonyl (C=O) groups excluding carboxylic acids is 1. The standard InChI is InChI=1S/C14H17F3N2O3/c1-9-8-22-10(2)5-19(9)13(21)7-18-6-11(14(15,16)17)3-4-12(18)20/h3-4,6,9-10H,5,7-8H2,1-2H3/t9-,10-/m1/s1. The Morgan fingerprint density at radius 2 is 2.05 bits per heavy atom. The van der Waals surface area contributed by atoms with Crippen molar-refractivity contribution in [1.82, 2.24) is 9.47 Å². The lowest BCUT2D eigenvalue weighted by Gasteiger charge is -2.37. The molecule has 1 amide bonds. The van der Waals surface area contributed by atoms with Crippen molar-refractivity contribution in [1.29, 1.82) is 0 Å². The van der Waals surface area contributed by atoms with Gasteiger partial charge in [-0.05, 0) is 19.9 Å². The van der Waals surface area contributed by atoms with Crippen LogP contribution in [0, 0.1) is 0 Å². The van der Waals surface area contributed by atoms with Gasteiger partial charge >= 0.3 is 6.18 Å². The van der Waals surface area contributed by atoms with E-state index in [1.807, 2.05) is 6.92 Å². The number of aromatic nitrogens is 1. The van der Waals surface area contributed by atoms with Crippen LogP contribution >= 0.6 is 0 Å². The van der Waals surface area contributed by atoms with Crippen LogP contribution in [-0.4, -0.2) is 40.7 Å². The van der Waals surface area contributed by atoms with Crippen molar-refractivity contribution in [3.63, 3.8) is 0 Å². The second kappa shape index (κ2) is 6.12. The zero-order chi connectivity index (χ0) is 16.5. The number of rotatable bonds is 2. The van der Waals surface area contributed by atoms with Gasteiger partial charge < -0.3 is 14.2 Å². The van der Waals surface area contributed by atoms with E-state index in [1.54, 1.807) is 6.92 Å². The summed E-state index contributed by atoms with van der Waals surface area (Å²) >= 11 is 0. The summed E-state index contributed by atoms with van der Waals surface area (Å²) in [5.41, 5.74) is -1.60. The summed E-state index contributed by atoms with van der Waals surface area (Å²) in [7, 11) is 0. The average molecular weight is 318 g/mol. The first-order valence-electron chi connectivity index (χ1n) is 6.87. The molecule has 0 bridgehead atoms. The molecule has 2 rings (SSSR count). The fourth-order valence-corrected chi connectivity index (χ4v) is 2.31. The molecule has 22 heavy (non-hydrogen) atoms. The van der Waals surface area contributed by atoms with Crippen molar-refractivity contribution in [2.75, 3.05) is 13.2 Å². The molecule has 122 valence electrons. The van der Waals surface area contributed by atoms with E-state index in [0.717, 1.165) is 10.6 Å². The van der Waals surface area contributed by atoms with Crippen LogP contribution in [0.4, 0.5) is 13.2 Å². The third-order valence-electron chi connectivity index (χ3n) is 3.54. The normalized spacial score (nSPS) is 22.7. The predicted molar refractivity (Wildman–Crippen MR) is 72.3 cm³/mol. The molecule has 1 aromatic heterocycles. The van der Waals surface area contributed by atoms with Crippen molar-refractivity contribution in [3.8, 4) is 0 Å². The maximum Gasteiger partial charge on any atom is 0.417 e. The monoisotopic (exact) mass is 318 g/mol. The molecule has 1 fully saturated rings. The molecule has 0 radical (unpaired) electrons. The minimum Gasteiger partial charge on any atom is -0.375 e. The summed E-state index contributed by atoms with van der Waals surface area (Å²) < 4.78 is 44.2. The maximum absolute atomic E-state index is 12.7. The Bertz CT molecular complexity index is 612. The number of hydrogen-bond donors (Lipinski definition) is 0. The smallest absolute Gasteiger partial charge is 0.375 e. The van der Waals surface area contributed by atoms with Gasteiger partial charge in [0.2, 0.25) is 5.91 Å². The molecule has 8 heteroatoms. The second-order valence-electron chi connectivity index (χ2n) is 5.42. The molecule has 2 atom stereocenters. The Morgan fingerprint density at radius 1 is 1.36 bits per heavy atom. The number of ether oxygens (including phenoxy) is 1. The highest BCUT2D eigenvalue weighted by molar-refractivity contribution is 5.76. The summed E-state index contributed by atoms with van der Waals surface area (Å²) in [6.45, 7) is 3.90. The van der Waals surface area contributed by atoms with E-state index in [-0.39, 0.29) is 12.1 Å². The van der Waals surface area contributed by atoms with Crippen LogP contribution in [0.1, 0.15) is 19.4 Å². The summed E-state index contributed by atoms with van der Waals surface area (Å²) in [5, 5.41) is 0. The minimum atomic E-state index is -4.56. The van der Waals surface area contributed by atoms with E-state index < -0.39 is 29.8 Å². The summed E-state index contributed by atoms with van der Waals surface area (Å²) in [5.74, 6) is -0.399. The van der Waals surface area contributed by atoms with Gasteiger partial charge in [-0.15, -0.1) is 0 Å². The molecule has 0 aliphatic carbocycles. The molecule has 0 N–H and O–H groups in total. The van der Waals surface area contributed by atoms with Crippen molar-refractivity contribution >= 4 is 5.91 Å². The zero-order valence-electron chi connectivity index (χ0n) is 12.3. The van der Waals surface area contributed by atoms with Gasteiger partial charge in [0, 0.05) is 18.8 Å². The van der Waals surface area contributed by atoms with Gasteiger partial charge in [0.25, 0.3) is 5.56 Å². The highest BCUT2D eigenvalue weighted by Crippen LogP contribution is 2.28. The molecule has 1 aromatic rings. The predicted octanol–water partition coefficient (Wildman–Crippen LogP) is 1.50. The van der Waals surface area contributed by atoms with Gasteiger partial charge in [-0.3, -0.25) is 9.59 Å². The van der Waals surface area contributed by atoms with Crippen LogP contribution in [0.3, 0.4) is 0 Å². The van der Waals surface area contributed by atoms with E-state index in [1.165, 1.54) is 4.90 Å². The van der Waals surface area contributed by atoms with Gasteiger partial charge in [0.15, 0.2) is 0 Å². The highest BCUT2D eigenvalue weighted by Gasteiger charge is 2.32. The fraction of sp³-hybridized carbons (Fsp3) is 0.571. The van der Waals surface area contributed by atoms with Crippen molar-refractivity contribution in [2.45, 2.75) is 38.7 Å². The lowest BCUT2D eigenvalue weighted by atomic mass is 10.2.